The third kappa shape index (κ3) is 3.83. The van der Waals surface area contributed by atoms with Crippen molar-refractivity contribution in [3.8, 4) is 10.6 Å². The summed E-state index contributed by atoms with van der Waals surface area (Å²) in [6.45, 7) is 2.06. The summed E-state index contributed by atoms with van der Waals surface area (Å²) < 4.78 is 13.6. The van der Waals surface area contributed by atoms with E-state index in [1.807, 2.05) is 19.1 Å². The molecule has 122 valence electrons. The van der Waals surface area contributed by atoms with Crippen LogP contribution in [0.4, 0.5) is 4.39 Å². The first-order valence-electron chi connectivity index (χ1n) is 7.50. The Balaban J connectivity index is 1.65. The Hall–Kier alpha value is -2.60. The number of carbonyl (C=O) groups is 1. The molecule has 0 aliphatic heterocycles. The van der Waals surface area contributed by atoms with E-state index in [0.717, 1.165) is 21.1 Å². The van der Waals surface area contributed by atoms with E-state index in [9.17, 15) is 9.18 Å². The molecule has 0 aliphatic carbocycles. The molecule has 3 rings (SSSR count). The van der Waals surface area contributed by atoms with Crippen LogP contribution in [-0.2, 0) is 17.8 Å². The van der Waals surface area contributed by atoms with Crippen LogP contribution in [0.1, 0.15) is 16.1 Å². The number of halogens is 1. The Morgan fingerprint density at radius 2 is 2.08 bits per heavy atom. The summed E-state index contributed by atoms with van der Waals surface area (Å²) in [6, 6.07) is 10.2. The van der Waals surface area contributed by atoms with Gasteiger partial charge in [0.15, 0.2) is 0 Å². The van der Waals surface area contributed by atoms with Gasteiger partial charge in [0, 0.05) is 34.9 Å². The second kappa shape index (κ2) is 7.31. The summed E-state index contributed by atoms with van der Waals surface area (Å²) >= 11 is 1.48. The van der Waals surface area contributed by atoms with Gasteiger partial charge in [-0.25, -0.2) is 9.37 Å². The number of hydrogen-bond donors (Lipinski definition) is 1. The van der Waals surface area contributed by atoms with Gasteiger partial charge in [-0.1, -0.05) is 18.2 Å². The molecule has 0 unspecified atom stereocenters. The molecule has 2 aromatic heterocycles. The van der Waals surface area contributed by atoms with Crippen LogP contribution in [0.2, 0.25) is 0 Å². The molecular formula is C18H16FN3OS. The number of carbonyl (C=O) groups excluding carboxylic acids is 1. The first-order chi connectivity index (χ1) is 11.6. The molecule has 2 heterocycles. The van der Waals surface area contributed by atoms with E-state index < -0.39 is 0 Å². The van der Waals surface area contributed by atoms with E-state index in [1.165, 1.54) is 17.4 Å². The fourth-order valence-electron chi connectivity index (χ4n) is 2.25. The maximum atomic E-state index is 13.6. The number of aromatic nitrogens is 2. The highest BCUT2D eigenvalue weighted by Gasteiger charge is 2.13. The largest absolute Gasteiger partial charge is 0.352 e. The topological polar surface area (TPSA) is 54.9 Å². The fraction of sp³-hybridized carbons (Fsp3) is 0.167. The molecule has 0 saturated heterocycles. The molecule has 0 radical (unpaired) electrons. The number of benzene rings is 1. The van der Waals surface area contributed by atoms with Crippen molar-refractivity contribution in [2.75, 3.05) is 0 Å². The predicted octanol–water partition coefficient (Wildman–Crippen LogP) is 3.51. The van der Waals surface area contributed by atoms with Crippen LogP contribution in [0.25, 0.3) is 10.6 Å². The third-order valence-electron chi connectivity index (χ3n) is 3.56. The van der Waals surface area contributed by atoms with Crippen molar-refractivity contribution in [1.82, 2.24) is 15.3 Å². The van der Waals surface area contributed by atoms with Gasteiger partial charge in [-0.15, -0.1) is 11.3 Å². The van der Waals surface area contributed by atoms with Crippen molar-refractivity contribution in [3.63, 3.8) is 0 Å². The molecule has 6 heteroatoms. The maximum Gasteiger partial charge on any atom is 0.225 e. The van der Waals surface area contributed by atoms with Gasteiger partial charge in [-0.05, 0) is 25.1 Å². The lowest BCUT2D eigenvalue weighted by Gasteiger charge is -2.05. The molecule has 4 nitrogen and oxygen atoms in total. The molecule has 0 fully saturated rings. The number of amides is 1. The molecule has 1 amide bonds. The second-order valence-corrected chi connectivity index (χ2v) is 6.40. The monoisotopic (exact) mass is 341 g/mol. The van der Waals surface area contributed by atoms with E-state index in [2.05, 4.69) is 15.3 Å². The molecule has 0 atom stereocenters. The van der Waals surface area contributed by atoms with Crippen LogP contribution in [0.5, 0.6) is 0 Å². The molecule has 0 bridgehead atoms. The Morgan fingerprint density at radius 3 is 2.83 bits per heavy atom. The first kappa shape index (κ1) is 16.3. The van der Waals surface area contributed by atoms with Crippen molar-refractivity contribution >= 4 is 17.2 Å². The minimum Gasteiger partial charge on any atom is -0.352 e. The Morgan fingerprint density at radius 1 is 1.25 bits per heavy atom. The highest BCUT2D eigenvalue weighted by Crippen LogP contribution is 2.27. The van der Waals surface area contributed by atoms with Crippen LogP contribution in [0.15, 0.2) is 48.8 Å². The molecule has 0 aliphatic rings. The zero-order chi connectivity index (χ0) is 16.9. The number of thiazole rings is 1. The van der Waals surface area contributed by atoms with Gasteiger partial charge in [0.1, 0.15) is 10.8 Å². The Kier molecular flexibility index (Phi) is 4.96. The van der Waals surface area contributed by atoms with Crippen molar-refractivity contribution in [1.29, 1.82) is 0 Å². The van der Waals surface area contributed by atoms with Crippen LogP contribution in [0, 0.1) is 12.7 Å². The molecule has 1 aromatic carbocycles. The summed E-state index contributed by atoms with van der Waals surface area (Å²) in [4.78, 5) is 21.6. The van der Waals surface area contributed by atoms with Crippen molar-refractivity contribution < 1.29 is 9.18 Å². The number of hydrogen-bond acceptors (Lipinski definition) is 4. The van der Waals surface area contributed by atoms with E-state index >= 15 is 0 Å². The standard InChI is InChI=1S/C18H16FN3OS/c1-12-16(24-18(22-12)14-6-4-8-20-10-14)9-17(23)21-11-13-5-2-3-7-15(13)19/h2-8,10H,9,11H2,1H3,(H,21,23). The smallest absolute Gasteiger partial charge is 0.225 e. The van der Waals surface area contributed by atoms with Crippen molar-refractivity contribution in [2.45, 2.75) is 19.9 Å². The summed E-state index contributed by atoms with van der Waals surface area (Å²) in [5, 5.41) is 3.60. The van der Waals surface area contributed by atoms with Crippen LogP contribution in [0.3, 0.4) is 0 Å². The Bertz CT molecular complexity index is 848. The molecule has 0 saturated carbocycles. The van der Waals surface area contributed by atoms with Gasteiger partial charge >= 0.3 is 0 Å². The quantitative estimate of drug-likeness (QED) is 0.773. The van der Waals surface area contributed by atoms with Gasteiger partial charge in [-0.3, -0.25) is 9.78 Å². The molecule has 1 N–H and O–H groups in total. The van der Waals surface area contributed by atoms with Gasteiger partial charge < -0.3 is 5.32 Å². The third-order valence-corrected chi connectivity index (χ3v) is 4.76. The number of nitrogens with zero attached hydrogens (tertiary/aromatic N) is 2. The van der Waals surface area contributed by atoms with Crippen LogP contribution < -0.4 is 5.32 Å². The molecular weight excluding hydrogens is 325 g/mol. The molecule has 3 aromatic rings. The van der Waals surface area contributed by atoms with E-state index in [1.54, 1.807) is 30.6 Å². The normalized spacial score (nSPS) is 10.6. The molecule has 0 spiro atoms. The predicted molar refractivity (Wildman–Crippen MR) is 92.0 cm³/mol. The number of pyridine rings is 1. The average Bonchev–Trinajstić information content (AvgIpc) is 2.96. The fourth-order valence-corrected chi connectivity index (χ4v) is 3.30. The van der Waals surface area contributed by atoms with Gasteiger partial charge in [-0.2, -0.15) is 0 Å². The highest BCUT2D eigenvalue weighted by molar-refractivity contribution is 7.15. The van der Waals surface area contributed by atoms with Gasteiger partial charge in [0.05, 0.1) is 12.1 Å². The number of aryl methyl sites for hydroxylation is 1. The Labute approximate surface area is 143 Å². The van der Waals surface area contributed by atoms with Gasteiger partial charge in [0.2, 0.25) is 5.91 Å². The summed E-state index contributed by atoms with van der Waals surface area (Å²) in [5.41, 5.74) is 2.24. The average molecular weight is 341 g/mol. The second-order valence-electron chi connectivity index (χ2n) is 5.31. The van der Waals surface area contributed by atoms with Crippen LogP contribution >= 0.6 is 11.3 Å². The van der Waals surface area contributed by atoms with Crippen molar-refractivity contribution in [3.05, 3.63) is 70.7 Å². The SMILES string of the molecule is Cc1nc(-c2cccnc2)sc1CC(=O)NCc1ccccc1F. The zero-order valence-corrected chi connectivity index (χ0v) is 13.9. The highest BCUT2D eigenvalue weighted by atomic mass is 32.1. The summed E-state index contributed by atoms with van der Waals surface area (Å²) in [7, 11) is 0. The minimum absolute atomic E-state index is 0.150. The lowest BCUT2D eigenvalue weighted by atomic mass is 10.2. The molecule has 24 heavy (non-hydrogen) atoms. The zero-order valence-electron chi connectivity index (χ0n) is 13.1. The lowest BCUT2D eigenvalue weighted by Crippen LogP contribution is -2.24. The summed E-state index contributed by atoms with van der Waals surface area (Å²) in [6.07, 6.45) is 3.69. The first-order valence-corrected chi connectivity index (χ1v) is 8.32. The van der Waals surface area contributed by atoms with E-state index in [0.29, 0.717) is 5.56 Å². The minimum atomic E-state index is -0.314. The number of nitrogens with one attached hydrogen (secondary N) is 1. The van der Waals surface area contributed by atoms with Gasteiger partial charge in [0.25, 0.3) is 0 Å². The van der Waals surface area contributed by atoms with Crippen LogP contribution in [-0.4, -0.2) is 15.9 Å². The van der Waals surface area contributed by atoms with E-state index in [-0.39, 0.29) is 24.7 Å². The lowest BCUT2D eigenvalue weighted by molar-refractivity contribution is -0.120. The number of rotatable bonds is 5. The maximum absolute atomic E-state index is 13.6. The van der Waals surface area contributed by atoms with Crippen molar-refractivity contribution in [2.24, 2.45) is 0 Å². The summed E-state index contributed by atoms with van der Waals surface area (Å²) in [5.74, 6) is -0.464. The van der Waals surface area contributed by atoms with E-state index in [4.69, 9.17) is 0 Å².